The first-order chi connectivity index (χ1) is 7.52. The van der Waals surface area contributed by atoms with Gasteiger partial charge in [-0.1, -0.05) is 6.92 Å². The number of rotatable bonds is 6. The van der Waals surface area contributed by atoms with Gasteiger partial charge >= 0.3 is 0 Å². The van der Waals surface area contributed by atoms with E-state index in [1.165, 1.54) is 15.6 Å². The van der Waals surface area contributed by atoms with Gasteiger partial charge in [-0.15, -0.1) is 11.3 Å². The van der Waals surface area contributed by atoms with Gasteiger partial charge in [0.05, 0.1) is 0 Å². The molecule has 1 aromatic rings. The first-order valence-electron chi connectivity index (χ1n) is 5.19. The van der Waals surface area contributed by atoms with Gasteiger partial charge in [0.15, 0.2) is 0 Å². The van der Waals surface area contributed by atoms with Crippen molar-refractivity contribution in [3.05, 3.63) is 17.0 Å². The Morgan fingerprint density at radius 2 is 2.12 bits per heavy atom. The molecule has 0 radical (unpaired) electrons. The summed E-state index contributed by atoms with van der Waals surface area (Å²) in [5, 5.41) is 8.73. The molecule has 1 aromatic heterocycles. The second-order valence-electron chi connectivity index (χ2n) is 3.44. The molecule has 0 aromatic carbocycles. The van der Waals surface area contributed by atoms with Gasteiger partial charge in [0, 0.05) is 24.6 Å². The van der Waals surface area contributed by atoms with Crippen LogP contribution < -0.4 is 0 Å². The molecule has 4 nitrogen and oxygen atoms in total. The molecule has 92 valence electrons. The van der Waals surface area contributed by atoms with Crippen molar-refractivity contribution < 1.29 is 13.5 Å². The Hall–Kier alpha value is -0.430. The predicted molar refractivity (Wildman–Crippen MR) is 65.2 cm³/mol. The standard InChI is InChI=1S/C10H17NO3S2/c1-3-11(7-4-8-12)16(13,14)10-6-5-9(2)15-10/h5-6,12H,3-4,7-8H2,1-2H3. The van der Waals surface area contributed by atoms with Gasteiger partial charge in [0.25, 0.3) is 10.0 Å². The maximum absolute atomic E-state index is 12.1. The summed E-state index contributed by atoms with van der Waals surface area (Å²) in [5.74, 6) is 0. The fourth-order valence-corrected chi connectivity index (χ4v) is 4.30. The summed E-state index contributed by atoms with van der Waals surface area (Å²) < 4.78 is 26.1. The normalized spacial score (nSPS) is 12.2. The minimum atomic E-state index is -3.36. The number of hydrogen-bond acceptors (Lipinski definition) is 4. The summed E-state index contributed by atoms with van der Waals surface area (Å²) in [6.07, 6.45) is 0.470. The first-order valence-corrected chi connectivity index (χ1v) is 7.45. The van der Waals surface area contributed by atoms with Gasteiger partial charge in [0.2, 0.25) is 0 Å². The number of aliphatic hydroxyl groups excluding tert-OH is 1. The lowest BCUT2D eigenvalue weighted by Crippen LogP contribution is -2.31. The summed E-state index contributed by atoms with van der Waals surface area (Å²) in [5.41, 5.74) is 0. The fraction of sp³-hybridized carbons (Fsp3) is 0.600. The molecular formula is C10H17NO3S2. The highest BCUT2D eigenvalue weighted by Crippen LogP contribution is 2.24. The fourth-order valence-electron chi connectivity index (χ4n) is 1.37. The summed E-state index contributed by atoms with van der Waals surface area (Å²) in [4.78, 5) is 0.983. The first kappa shape index (κ1) is 13.6. The molecule has 0 aliphatic rings. The number of nitrogens with zero attached hydrogens (tertiary/aromatic N) is 1. The van der Waals surface area contributed by atoms with Crippen molar-refractivity contribution in [1.82, 2.24) is 4.31 Å². The molecule has 0 bridgehead atoms. The smallest absolute Gasteiger partial charge is 0.252 e. The highest BCUT2D eigenvalue weighted by molar-refractivity contribution is 7.91. The Labute approximate surface area is 101 Å². The maximum atomic E-state index is 12.1. The van der Waals surface area contributed by atoms with Crippen LogP contribution in [0.3, 0.4) is 0 Å². The molecule has 0 saturated heterocycles. The number of sulfonamides is 1. The molecular weight excluding hydrogens is 246 g/mol. The highest BCUT2D eigenvalue weighted by atomic mass is 32.2. The minimum Gasteiger partial charge on any atom is -0.396 e. The number of hydrogen-bond donors (Lipinski definition) is 1. The summed E-state index contributed by atoms with van der Waals surface area (Å²) in [6, 6.07) is 3.44. The second-order valence-corrected chi connectivity index (χ2v) is 6.89. The number of aryl methyl sites for hydroxylation is 1. The molecule has 1 rings (SSSR count). The minimum absolute atomic E-state index is 0.00941. The zero-order valence-electron chi connectivity index (χ0n) is 9.51. The zero-order valence-corrected chi connectivity index (χ0v) is 11.1. The van der Waals surface area contributed by atoms with Gasteiger partial charge in [0.1, 0.15) is 4.21 Å². The third kappa shape index (κ3) is 3.04. The van der Waals surface area contributed by atoms with E-state index in [2.05, 4.69) is 0 Å². The quantitative estimate of drug-likeness (QED) is 0.845. The molecule has 16 heavy (non-hydrogen) atoms. The molecule has 0 amide bonds. The van der Waals surface area contributed by atoms with Gasteiger partial charge < -0.3 is 5.11 Å². The lowest BCUT2D eigenvalue weighted by atomic mass is 10.4. The van der Waals surface area contributed by atoms with E-state index < -0.39 is 10.0 Å². The van der Waals surface area contributed by atoms with E-state index in [0.717, 1.165) is 4.88 Å². The average molecular weight is 263 g/mol. The van der Waals surface area contributed by atoms with Crippen LogP contribution in [0, 0.1) is 6.92 Å². The van der Waals surface area contributed by atoms with E-state index >= 15 is 0 Å². The van der Waals surface area contributed by atoms with Crippen LogP contribution in [0.25, 0.3) is 0 Å². The Morgan fingerprint density at radius 3 is 2.56 bits per heavy atom. The van der Waals surface area contributed by atoms with Gasteiger partial charge in [-0.2, -0.15) is 4.31 Å². The van der Waals surface area contributed by atoms with E-state index in [1.807, 2.05) is 6.92 Å². The van der Waals surface area contributed by atoms with Crippen LogP contribution in [-0.4, -0.2) is 37.5 Å². The molecule has 1 N–H and O–H groups in total. The Morgan fingerprint density at radius 1 is 1.44 bits per heavy atom. The van der Waals surface area contributed by atoms with Crippen LogP contribution in [0.4, 0.5) is 0 Å². The maximum Gasteiger partial charge on any atom is 0.252 e. The lowest BCUT2D eigenvalue weighted by molar-refractivity contribution is 0.271. The van der Waals surface area contributed by atoms with Crippen molar-refractivity contribution in [2.24, 2.45) is 0 Å². The molecule has 1 heterocycles. The van der Waals surface area contributed by atoms with E-state index in [0.29, 0.717) is 23.7 Å². The summed E-state index contributed by atoms with van der Waals surface area (Å²) in [6.45, 7) is 4.49. The molecule has 6 heteroatoms. The SMILES string of the molecule is CCN(CCCO)S(=O)(=O)c1ccc(C)s1. The molecule has 0 aliphatic carbocycles. The molecule has 0 aliphatic heterocycles. The van der Waals surface area contributed by atoms with Crippen LogP contribution in [0.5, 0.6) is 0 Å². The van der Waals surface area contributed by atoms with Crippen LogP contribution in [-0.2, 0) is 10.0 Å². The van der Waals surface area contributed by atoms with Crippen molar-refractivity contribution in [2.75, 3.05) is 19.7 Å². The second kappa shape index (κ2) is 5.77. The van der Waals surface area contributed by atoms with Crippen LogP contribution in [0.1, 0.15) is 18.2 Å². The summed E-state index contributed by atoms with van der Waals surface area (Å²) >= 11 is 1.28. The Kier molecular flexibility index (Phi) is 4.91. The van der Waals surface area contributed by atoms with Crippen LogP contribution >= 0.6 is 11.3 Å². The Bertz CT molecular complexity index is 425. The van der Waals surface area contributed by atoms with Crippen LogP contribution in [0.15, 0.2) is 16.3 Å². The summed E-state index contributed by atoms with van der Waals surface area (Å²) in [7, 11) is -3.36. The van der Waals surface area contributed by atoms with E-state index in [1.54, 1.807) is 19.1 Å². The number of thiophene rings is 1. The third-order valence-electron chi connectivity index (χ3n) is 2.23. The zero-order chi connectivity index (χ0) is 12.2. The average Bonchev–Trinajstić information content (AvgIpc) is 2.66. The Balaban J connectivity index is 2.90. The van der Waals surface area contributed by atoms with Crippen molar-refractivity contribution >= 4 is 21.4 Å². The van der Waals surface area contributed by atoms with Gasteiger partial charge in [-0.25, -0.2) is 8.42 Å². The van der Waals surface area contributed by atoms with Gasteiger partial charge in [-0.3, -0.25) is 0 Å². The van der Waals surface area contributed by atoms with Crippen molar-refractivity contribution in [1.29, 1.82) is 0 Å². The van der Waals surface area contributed by atoms with Crippen molar-refractivity contribution in [3.8, 4) is 0 Å². The van der Waals surface area contributed by atoms with Gasteiger partial charge in [-0.05, 0) is 25.5 Å². The molecule has 0 spiro atoms. The number of aliphatic hydroxyl groups is 1. The van der Waals surface area contributed by atoms with Crippen molar-refractivity contribution in [3.63, 3.8) is 0 Å². The van der Waals surface area contributed by atoms with E-state index in [9.17, 15) is 8.42 Å². The molecule has 0 saturated carbocycles. The lowest BCUT2D eigenvalue weighted by Gasteiger charge is -2.18. The predicted octanol–water partition coefficient (Wildman–Crippen LogP) is 1.45. The largest absolute Gasteiger partial charge is 0.396 e. The van der Waals surface area contributed by atoms with E-state index in [-0.39, 0.29) is 6.61 Å². The third-order valence-corrected chi connectivity index (χ3v) is 5.67. The highest BCUT2D eigenvalue weighted by Gasteiger charge is 2.23. The topological polar surface area (TPSA) is 57.6 Å². The van der Waals surface area contributed by atoms with Crippen molar-refractivity contribution in [2.45, 2.75) is 24.5 Å². The molecule has 0 unspecified atom stereocenters. The monoisotopic (exact) mass is 263 g/mol. The van der Waals surface area contributed by atoms with Crippen LogP contribution in [0.2, 0.25) is 0 Å². The van der Waals surface area contributed by atoms with E-state index in [4.69, 9.17) is 5.11 Å². The molecule has 0 fully saturated rings. The molecule has 0 atom stereocenters.